The Balaban J connectivity index is 1.48. The lowest BCUT2D eigenvalue weighted by Gasteiger charge is -2.46. The number of morpholine rings is 1. The number of pyridine rings is 1. The third-order valence-electron chi connectivity index (χ3n) is 4.99. The predicted octanol–water partition coefficient (Wildman–Crippen LogP) is 0.0839. The molecule has 2 fully saturated rings. The lowest BCUT2D eigenvalue weighted by molar-refractivity contribution is -0.135. The van der Waals surface area contributed by atoms with Gasteiger partial charge in [-0.1, -0.05) is 0 Å². The molecule has 2 atom stereocenters. The third kappa shape index (κ3) is 4.52. The molecule has 1 spiro atoms. The molecule has 170 valence electrons. The molecule has 3 aliphatic rings. The zero-order valence-electron chi connectivity index (χ0n) is 16.7. The van der Waals surface area contributed by atoms with Crippen LogP contribution in [-0.2, 0) is 32.6 Å². The smallest absolute Gasteiger partial charge is 0.340 e. The summed E-state index contributed by atoms with van der Waals surface area (Å²) in [6, 6.07) is 1.28. The summed E-state index contributed by atoms with van der Waals surface area (Å²) in [5, 5.41) is 0. The molecule has 0 radical (unpaired) electrons. The van der Waals surface area contributed by atoms with Crippen LogP contribution in [0.3, 0.4) is 0 Å². The van der Waals surface area contributed by atoms with E-state index in [1.165, 1.54) is 24.0 Å². The molecule has 1 saturated heterocycles. The number of carbonyl (C=O) groups excluding carboxylic acids is 2. The Bertz CT molecular complexity index is 876. The maximum atomic E-state index is 13.3. The van der Waals surface area contributed by atoms with Crippen molar-refractivity contribution in [2.45, 2.75) is 24.5 Å². The van der Waals surface area contributed by atoms with Crippen molar-refractivity contribution in [2.75, 3.05) is 46.1 Å². The van der Waals surface area contributed by atoms with E-state index in [1.54, 1.807) is 4.90 Å². The van der Waals surface area contributed by atoms with Crippen LogP contribution in [0.4, 0.5) is 0 Å². The van der Waals surface area contributed by atoms with E-state index in [1.807, 2.05) is 0 Å². The number of fused-ring (bicyclic) bond motifs is 3. The van der Waals surface area contributed by atoms with E-state index in [0.717, 1.165) is 12.8 Å². The van der Waals surface area contributed by atoms with Crippen molar-refractivity contribution < 1.29 is 42.1 Å². The van der Waals surface area contributed by atoms with Gasteiger partial charge in [-0.3, -0.25) is 32.6 Å². The number of nitrogens with zero attached hydrogens (tertiary/aromatic N) is 2. The summed E-state index contributed by atoms with van der Waals surface area (Å²) in [7, 11) is -0.585. The van der Waals surface area contributed by atoms with E-state index in [2.05, 4.69) is 10.2 Å². The maximum Gasteiger partial charge on any atom is 0.340 e. The van der Waals surface area contributed by atoms with Crippen molar-refractivity contribution in [3.05, 3.63) is 28.2 Å². The summed E-state index contributed by atoms with van der Waals surface area (Å²) < 4.78 is 37.5. The number of aromatic nitrogens is 1. The molecule has 1 amide bonds. The number of amides is 1. The molecule has 4 rings (SSSR count). The van der Waals surface area contributed by atoms with Gasteiger partial charge >= 0.3 is 8.60 Å². The van der Waals surface area contributed by atoms with E-state index >= 15 is 0 Å². The van der Waals surface area contributed by atoms with Gasteiger partial charge in [-0.25, -0.2) is 0 Å². The van der Waals surface area contributed by atoms with Gasteiger partial charge in [-0.05, 0) is 12.8 Å². The summed E-state index contributed by atoms with van der Waals surface area (Å²) in [6.45, 7) is 0.0357. The number of hydrogen-bond acceptors (Lipinski definition) is 11. The first kappa shape index (κ1) is 21.9. The fraction of sp³-hybridized carbons (Fsp3) is 0.588. The standard InChI is InChI=1S/C17H22N3O10P/c1-24-9-28-31(29-10-26-8-21)30-11-27-15-12(22)2-5-19-14(15)16(23)20-13(18-19)6-25-7-17(20)3-4-17/h2,5,8,13,18H,3-4,6-7,9-11H2,1H3/t13-,31?/m0/s1. The van der Waals surface area contributed by atoms with Crippen LogP contribution >= 0.6 is 8.60 Å². The van der Waals surface area contributed by atoms with Crippen molar-refractivity contribution in [1.29, 1.82) is 0 Å². The van der Waals surface area contributed by atoms with Gasteiger partial charge in [0.25, 0.3) is 12.4 Å². The summed E-state index contributed by atoms with van der Waals surface area (Å²) in [5.74, 6) is -0.475. The normalized spacial score (nSPS) is 21.6. The van der Waals surface area contributed by atoms with Gasteiger partial charge in [-0.2, -0.15) is 0 Å². The summed E-state index contributed by atoms with van der Waals surface area (Å²) in [6.07, 6.45) is 2.83. The number of hydrogen-bond donors (Lipinski definition) is 1. The van der Waals surface area contributed by atoms with Gasteiger partial charge in [0.05, 0.1) is 18.8 Å². The molecule has 13 nitrogen and oxygen atoms in total. The molecular weight excluding hydrogens is 437 g/mol. The first-order valence-corrected chi connectivity index (χ1v) is 10.5. The van der Waals surface area contributed by atoms with Crippen LogP contribution in [0.25, 0.3) is 0 Å². The van der Waals surface area contributed by atoms with Gasteiger partial charge in [0.15, 0.2) is 26.1 Å². The van der Waals surface area contributed by atoms with Gasteiger partial charge < -0.3 is 29.3 Å². The van der Waals surface area contributed by atoms with Crippen LogP contribution in [-0.4, -0.2) is 74.4 Å². The van der Waals surface area contributed by atoms with E-state index in [0.29, 0.717) is 13.2 Å². The molecule has 3 heterocycles. The van der Waals surface area contributed by atoms with Crippen molar-refractivity contribution in [1.82, 2.24) is 9.58 Å². The first-order valence-electron chi connectivity index (χ1n) is 9.39. The monoisotopic (exact) mass is 459 g/mol. The average molecular weight is 459 g/mol. The molecule has 1 saturated carbocycles. The number of nitrogens with one attached hydrogen (secondary N) is 1. The van der Waals surface area contributed by atoms with Crippen LogP contribution < -0.4 is 15.6 Å². The quantitative estimate of drug-likeness (QED) is 0.209. The van der Waals surface area contributed by atoms with Crippen molar-refractivity contribution >= 4 is 21.0 Å². The zero-order valence-corrected chi connectivity index (χ0v) is 17.6. The second-order valence-electron chi connectivity index (χ2n) is 6.95. The number of ether oxygens (including phenoxy) is 4. The first-order chi connectivity index (χ1) is 15.1. The SMILES string of the molecule is COCOP(OCOC=O)OCOc1c2n(ccc1=O)N[C@@H]1COCC3(CC3)N1C2=O. The molecule has 1 aromatic rings. The fourth-order valence-electron chi connectivity index (χ4n) is 3.49. The number of rotatable bonds is 11. The second kappa shape index (κ2) is 9.47. The van der Waals surface area contributed by atoms with Crippen LogP contribution in [0.2, 0.25) is 0 Å². The molecule has 14 heteroatoms. The Hall–Kier alpha value is -2.28. The van der Waals surface area contributed by atoms with Gasteiger partial charge in [0.2, 0.25) is 11.2 Å². The Morgan fingerprint density at radius 2 is 2.03 bits per heavy atom. The van der Waals surface area contributed by atoms with Gasteiger partial charge in [0, 0.05) is 19.4 Å². The minimum Gasteiger partial charge on any atom is -0.460 e. The lowest BCUT2D eigenvalue weighted by atomic mass is 10.1. The zero-order chi connectivity index (χ0) is 21.8. The highest BCUT2D eigenvalue weighted by Gasteiger charge is 2.57. The Morgan fingerprint density at radius 3 is 2.77 bits per heavy atom. The maximum absolute atomic E-state index is 13.3. The van der Waals surface area contributed by atoms with Gasteiger partial charge in [0.1, 0.15) is 6.17 Å². The highest BCUT2D eigenvalue weighted by molar-refractivity contribution is 7.41. The molecule has 2 aliphatic heterocycles. The summed E-state index contributed by atoms with van der Waals surface area (Å²) in [5.41, 5.74) is 2.44. The molecule has 1 aromatic heterocycles. The molecule has 0 aromatic carbocycles. The molecule has 1 unspecified atom stereocenters. The van der Waals surface area contributed by atoms with Gasteiger partial charge in [-0.15, -0.1) is 0 Å². The van der Waals surface area contributed by atoms with E-state index < -0.39 is 27.6 Å². The van der Waals surface area contributed by atoms with Crippen LogP contribution in [0.15, 0.2) is 17.1 Å². The summed E-state index contributed by atoms with van der Waals surface area (Å²) in [4.78, 5) is 37.8. The molecule has 31 heavy (non-hydrogen) atoms. The van der Waals surface area contributed by atoms with Crippen molar-refractivity contribution in [3.8, 4) is 5.75 Å². The fourth-order valence-corrected chi connectivity index (χ4v) is 4.19. The van der Waals surface area contributed by atoms with E-state index in [4.69, 9.17) is 27.8 Å². The number of carbonyl (C=O) groups is 2. The molecular formula is C17H22N3O10P. The van der Waals surface area contributed by atoms with Crippen LogP contribution in [0, 0.1) is 0 Å². The minimum atomic E-state index is -1.99. The predicted molar refractivity (Wildman–Crippen MR) is 102 cm³/mol. The van der Waals surface area contributed by atoms with Crippen LogP contribution in [0.1, 0.15) is 23.3 Å². The lowest BCUT2D eigenvalue weighted by Crippen LogP contribution is -2.64. The van der Waals surface area contributed by atoms with Crippen molar-refractivity contribution in [2.24, 2.45) is 0 Å². The third-order valence-corrected chi connectivity index (χ3v) is 5.94. The second-order valence-corrected chi connectivity index (χ2v) is 8.17. The number of methoxy groups -OCH3 is 1. The Morgan fingerprint density at radius 1 is 1.26 bits per heavy atom. The largest absolute Gasteiger partial charge is 0.460 e. The highest BCUT2D eigenvalue weighted by atomic mass is 31.2. The summed E-state index contributed by atoms with van der Waals surface area (Å²) >= 11 is 0. The Kier molecular flexibility index (Phi) is 6.70. The van der Waals surface area contributed by atoms with E-state index in [-0.39, 0.29) is 42.3 Å². The van der Waals surface area contributed by atoms with E-state index in [9.17, 15) is 14.4 Å². The molecule has 1 N–H and O–H groups in total. The highest BCUT2D eigenvalue weighted by Crippen LogP contribution is 2.47. The van der Waals surface area contributed by atoms with Crippen LogP contribution in [0.5, 0.6) is 5.75 Å². The molecule has 0 bridgehead atoms. The topological polar surface area (TPSA) is 136 Å². The molecule has 1 aliphatic carbocycles. The van der Waals surface area contributed by atoms with Crippen molar-refractivity contribution in [3.63, 3.8) is 0 Å². The average Bonchev–Trinajstić information content (AvgIpc) is 3.52. The Labute approximate surface area is 178 Å². The minimum absolute atomic E-state index is 0.0767.